The molecule has 0 radical (unpaired) electrons. The molecule has 138 valence electrons. The van der Waals surface area contributed by atoms with Gasteiger partial charge in [0.2, 0.25) is 11.8 Å². The van der Waals surface area contributed by atoms with Crippen LogP contribution in [0.2, 0.25) is 0 Å². The van der Waals surface area contributed by atoms with Gasteiger partial charge in [0.1, 0.15) is 0 Å². The molecule has 0 unspecified atom stereocenters. The molecule has 0 heterocycles. The molecule has 5 nitrogen and oxygen atoms in total. The highest BCUT2D eigenvalue weighted by Gasteiger charge is 2.21. The number of aryl methyl sites for hydroxylation is 2. The number of rotatable bonds is 5. The number of nitrogens with one attached hydrogen (secondary N) is 2. The predicted molar refractivity (Wildman–Crippen MR) is 107 cm³/mol. The molecule has 0 aliphatic rings. The summed E-state index contributed by atoms with van der Waals surface area (Å²) in [6, 6.07) is 13.0. The number of para-hydroxylation sites is 1. The SMILES string of the molecule is Cc1ccc(NC(=O)CCc2ccccc2N)cc1NC(=O)C(C)(C)C. The molecule has 0 aliphatic heterocycles. The lowest BCUT2D eigenvalue weighted by atomic mass is 9.95. The zero-order valence-electron chi connectivity index (χ0n) is 15.8. The van der Waals surface area contributed by atoms with Gasteiger partial charge in [-0.3, -0.25) is 9.59 Å². The highest BCUT2D eigenvalue weighted by molar-refractivity contribution is 5.97. The van der Waals surface area contributed by atoms with Crippen molar-refractivity contribution in [3.8, 4) is 0 Å². The third-order valence-corrected chi connectivity index (χ3v) is 4.13. The van der Waals surface area contributed by atoms with Crippen LogP contribution < -0.4 is 16.4 Å². The summed E-state index contributed by atoms with van der Waals surface area (Å²) in [4.78, 5) is 24.4. The van der Waals surface area contributed by atoms with E-state index in [1.807, 2.05) is 64.1 Å². The number of hydrogen-bond acceptors (Lipinski definition) is 3. The highest BCUT2D eigenvalue weighted by atomic mass is 16.2. The number of carbonyl (C=O) groups excluding carboxylic acids is 2. The van der Waals surface area contributed by atoms with Crippen LogP contribution in [-0.2, 0) is 16.0 Å². The number of benzene rings is 2. The summed E-state index contributed by atoms with van der Waals surface area (Å²) in [6.45, 7) is 7.50. The Bertz CT molecular complexity index is 807. The van der Waals surface area contributed by atoms with Gasteiger partial charge in [-0.25, -0.2) is 0 Å². The first-order chi connectivity index (χ1) is 12.2. The Balaban J connectivity index is 2.01. The van der Waals surface area contributed by atoms with Crippen molar-refractivity contribution in [2.24, 2.45) is 5.41 Å². The van der Waals surface area contributed by atoms with Crippen LogP contribution >= 0.6 is 0 Å². The van der Waals surface area contributed by atoms with Crippen molar-refractivity contribution in [1.82, 2.24) is 0 Å². The standard InChI is InChI=1S/C21H27N3O2/c1-14-9-11-16(13-18(14)24-20(26)21(2,3)4)23-19(25)12-10-15-7-5-6-8-17(15)22/h5-9,11,13H,10,12,22H2,1-4H3,(H,23,25)(H,24,26). The Hall–Kier alpha value is -2.82. The van der Waals surface area contributed by atoms with Crippen LogP contribution in [0.15, 0.2) is 42.5 Å². The van der Waals surface area contributed by atoms with Gasteiger partial charge in [0.15, 0.2) is 0 Å². The van der Waals surface area contributed by atoms with Crippen LogP contribution in [0.4, 0.5) is 17.1 Å². The van der Waals surface area contributed by atoms with Crippen molar-refractivity contribution in [2.45, 2.75) is 40.5 Å². The number of amides is 2. The molecule has 0 atom stereocenters. The zero-order chi connectivity index (χ0) is 19.3. The van der Waals surface area contributed by atoms with Crippen molar-refractivity contribution in [3.05, 3.63) is 53.6 Å². The molecule has 26 heavy (non-hydrogen) atoms. The molecule has 0 fully saturated rings. The summed E-state index contributed by atoms with van der Waals surface area (Å²) in [5.41, 5.74) is 9.38. The average Bonchev–Trinajstić information content (AvgIpc) is 2.56. The smallest absolute Gasteiger partial charge is 0.229 e. The van der Waals surface area contributed by atoms with E-state index >= 15 is 0 Å². The summed E-state index contributed by atoms with van der Waals surface area (Å²) >= 11 is 0. The molecule has 2 aromatic rings. The fourth-order valence-corrected chi connectivity index (χ4v) is 2.38. The van der Waals surface area contributed by atoms with Crippen molar-refractivity contribution in [1.29, 1.82) is 0 Å². The first-order valence-corrected chi connectivity index (χ1v) is 8.72. The Morgan fingerprint density at radius 3 is 2.38 bits per heavy atom. The van der Waals surface area contributed by atoms with Gasteiger partial charge in [-0.2, -0.15) is 0 Å². The Kier molecular flexibility index (Phi) is 6.03. The van der Waals surface area contributed by atoms with E-state index in [4.69, 9.17) is 5.73 Å². The van der Waals surface area contributed by atoms with E-state index in [1.165, 1.54) is 0 Å². The van der Waals surface area contributed by atoms with Crippen LogP contribution in [0.5, 0.6) is 0 Å². The molecular weight excluding hydrogens is 326 g/mol. The second kappa shape index (κ2) is 8.04. The quantitative estimate of drug-likeness (QED) is 0.707. The van der Waals surface area contributed by atoms with Crippen molar-refractivity contribution < 1.29 is 9.59 Å². The summed E-state index contributed by atoms with van der Waals surface area (Å²) in [5, 5.41) is 5.80. The summed E-state index contributed by atoms with van der Waals surface area (Å²) in [7, 11) is 0. The second-order valence-electron chi connectivity index (χ2n) is 7.48. The van der Waals surface area contributed by atoms with E-state index in [-0.39, 0.29) is 11.8 Å². The lowest BCUT2D eigenvalue weighted by molar-refractivity contribution is -0.123. The molecule has 2 amide bonds. The minimum atomic E-state index is -0.485. The maximum absolute atomic E-state index is 12.2. The molecule has 4 N–H and O–H groups in total. The lowest BCUT2D eigenvalue weighted by Crippen LogP contribution is -2.28. The minimum Gasteiger partial charge on any atom is -0.399 e. The van der Waals surface area contributed by atoms with Crippen LogP contribution in [0.3, 0.4) is 0 Å². The Morgan fingerprint density at radius 2 is 1.73 bits per heavy atom. The fourth-order valence-electron chi connectivity index (χ4n) is 2.38. The van der Waals surface area contributed by atoms with E-state index in [0.29, 0.717) is 29.9 Å². The zero-order valence-corrected chi connectivity index (χ0v) is 15.8. The molecule has 0 spiro atoms. The summed E-state index contributed by atoms with van der Waals surface area (Å²) in [6.07, 6.45) is 0.920. The molecule has 0 bridgehead atoms. The van der Waals surface area contributed by atoms with Crippen molar-refractivity contribution in [3.63, 3.8) is 0 Å². The molecule has 0 saturated heterocycles. The topological polar surface area (TPSA) is 84.2 Å². The second-order valence-corrected chi connectivity index (χ2v) is 7.48. The Labute approximate surface area is 155 Å². The van der Waals surface area contributed by atoms with E-state index < -0.39 is 5.41 Å². The maximum Gasteiger partial charge on any atom is 0.229 e. The van der Waals surface area contributed by atoms with Crippen LogP contribution in [0, 0.1) is 12.3 Å². The number of carbonyl (C=O) groups is 2. The molecule has 2 aromatic carbocycles. The van der Waals surface area contributed by atoms with E-state index in [9.17, 15) is 9.59 Å². The lowest BCUT2D eigenvalue weighted by Gasteiger charge is -2.19. The van der Waals surface area contributed by atoms with Gasteiger partial charge in [-0.15, -0.1) is 0 Å². The third-order valence-electron chi connectivity index (χ3n) is 4.13. The highest BCUT2D eigenvalue weighted by Crippen LogP contribution is 2.24. The van der Waals surface area contributed by atoms with Crippen LogP contribution in [0.1, 0.15) is 38.3 Å². The monoisotopic (exact) mass is 353 g/mol. The third kappa shape index (κ3) is 5.34. The van der Waals surface area contributed by atoms with Crippen molar-refractivity contribution in [2.75, 3.05) is 16.4 Å². The molecular formula is C21H27N3O2. The number of nitrogen functional groups attached to an aromatic ring is 1. The number of hydrogen-bond donors (Lipinski definition) is 3. The number of anilines is 3. The first-order valence-electron chi connectivity index (χ1n) is 8.72. The fraction of sp³-hybridized carbons (Fsp3) is 0.333. The first kappa shape index (κ1) is 19.5. The largest absolute Gasteiger partial charge is 0.399 e. The molecule has 0 aromatic heterocycles. The Morgan fingerprint density at radius 1 is 1.04 bits per heavy atom. The normalized spacial score (nSPS) is 11.1. The van der Waals surface area contributed by atoms with E-state index in [1.54, 1.807) is 6.07 Å². The van der Waals surface area contributed by atoms with Crippen LogP contribution in [-0.4, -0.2) is 11.8 Å². The van der Waals surface area contributed by atoms with Gasteiger partial charge in [-0.05, 0) is 42.7 Å². The molecule has 2 rings (SSSR count). The van der Waals surface area contributed by atoms with Gasteiger partial charge in [0.05, 0.1) is 0 Å². The van der Waals surface area contributed by atoms with Gasteiger partial charge in [0, 0.05) is 28.9 Å². The van der Waals surface area contributed by atoms with Gasteiger partial charge >= 0.3 is 0 Å². The molecule has 0 saturated carbocycles. The van der Waals surface area contributed by atoms with Crippen LogP contribution in [0.25, 0.3) is 0 Å². The van der Waals surface area contributed by atoms with E-state index in [2.05, 4.69) is 10.6 Å². The molecule has 5 heteroatoms. The number of nitrogens with two attached hydrogens (primary N) is 1. The van der Waals surface area contributed by atoms with E-state index in [0.717, 1.165) is 11.1 Å². The summed E-state index contributed by atoms with van der Waals surface area (Å²) in [5.74, 6) is -0.158. The maximum atomic E-state index is 12.2. The molecule has 0 aliphatic carbocycles. The predicted octanol–water partition coefficient (Wildman–Crippen LogP) is 4.13. The minimum absolute atomic E-state index is 0.0661. The van der Waals surface area contributed by atoms with Crippen molar-refractivity contribution >= 4 is 28.9 Å². The van der Waals surface area contributed by atoms with Gasteiger partial charge < -0.3 is 16.4 Å². The average molecular weight is 353 g/mol. The summed E-state index contributed by atoms with van der Waals surface area (Å²) < 4.78 is 0. The van der Waals surface area contributed by atoms with Gasteiger partial charge in [-0.1, -0.05) is 45.0 Å². The van der Waals surface area contributed by atoms with Gasteiger partial charge in [0.25, 0.3) is 0 Å².